The molecule has 0 aromatic heterocycles. The number of carbonyl (C=O) groups excluding carboxylic acids is 1. The third-order valence-electron chi connectivity index (χ3n) is 2.92. The molecule has 1 aromatic rings. The summed E-state index contributed by atoms with van der Waals surface area (Å²) in [4.78, 5) is 10.9. The van der Waals surface area contributed by atoms with Gasteiger partial charge in [-0.1, -0.05) is 30.3 Å². The lowest BCUT2D eigenvalue weighted by Gasteiger charge is -2.36. The highest BCUT2D eigenvalue weighted by molar-refractivity contribution is 5.77. The Kier molecular flexibility index (Phi) is 3.02. The summed E-state index contributed by atoms with van der Waals surface area (Å²) in [6.45, 7) is -0.410. The average Bonchev–Trinajstić information content (AvgIpc) is 2.23. The van der Waals surface area contributed by atoms with Crippen molar-refractivity contribution in [3.05, 3.63) is 35.9 Å². The molecule has 1 fully saturated rings. The molecule has 0 unspecified atom stereocenters. The number of benzene rings is 1. The first-order valence-corrected chi connectivity index (χ1v) is 5.24. The van der Waals surface area contributed by atoms with Crippen LogP contribution in [0.4, 0.5) is 0 Å². The highest BCUT2D eigenvalue weighted by Gasteiger charge is 2.30. The number of amides is 1. The summed E-state index contributed by atoms with van der Waals surface area (Å²) < 4.78 is 0. The van der Waals surface area contributed by atoms with Crippen molar-refractivity contribution in [2.45, 2.75) is 24.8 Å². The summed E-state index contributed by atoms with van der Waals surface area (Å²) in [5.74, 6) is 0.293. The Morgan fingerprint density at radius 3 is 2.60 bits per heavy atom. The molecule has 1 amide bonds. The minimum absolute atomic E-state index is 0.245. The molecule has 0 aliphatic heterocycles. The van der Waals surface area contributed by atoms with Crippen molar-refractivity contribution in [3.8, 4) is 0 Å². The van der Waals surface area contributed by atoms with Gasteiger partial charge in [-0.05, 0) is 24.3 Å². The topological polar surface area (TPSA) is 49.3 Å². The van der Waals surface area contributed by atoms with Crippen LogP contribution in [-0.4, -0.2) is 23.7 Å². The molecule has 1 saturated carbocycles. The molecular weight excluding hydrogens is 190 g/mol. The molecule has 1 aromatic carbocycles. The Morgan fingerprint density at radius 1 is 1.33 bits per heavy atom. The van der Waals surface area contributed by atoms with Crippen LogP contribution in [-0.2, 0) is 4.79 Å². The zero-order valence-corrected chi connectivity index (χ0v) is 8.52. The predicted octanol–water partition coefficient (Wildman–Crippen LogP) is 1.04. The van der Waals surface area contributed by atoms with Gasteiger partial charge in [0.2, 0.25) is 5.91 Å². The molecule has 0 radical (unpaired) electrons. The maximum Gasteiger partial charge on any atom is 0.245 e. The van der Waals surface area contributed by atoms with Crippen LogP contribution in [0.25, 0.3) is 0 Å². The van der Waals surface area contributed by atoms with Gasteiger partial charge >= 0.3 is 0 Å². The molecule has 15 heavy (non-hydrogen) atoms. The Hall–Kier alpha value is -1.35. The van der Waals surface area contributed by atoms with E-state index in [1.807, 2.05) is 18.2 Å². The van der Waals surface area contributed by atoms with E-state index in [0.717, 1.165) is 12.8 Å². The number of carbonyl (C=O) groups is 1. The van der Waals surface area contributed by atoms with E-state index >= 15 is 0 Å². The van der Waals surface area contributed by atoms with Gasteiger partial charge in [0, 0.05) is 6.04 Å². The largest absolute Gasteiger partial charge is 0.387 e. The van der Waals surface area contributed by atoms with Crippen LogP contribution in [0.1, 0.15) is 24.3 Å². The number of aliphatic hydroxyl groups excluding tert-OH is 1. The van der Waals surface area contributed by atoms with Crippen molar-refractivity contribution in [1.29, 1.82) is 0 Å². The van der Waals surface area contributed by atoms with Crippen LogP contribution in [0.2, 0.25) is 0 Å². The Bertz CT molecular complexity index is 331. The second kappa shape index (κ2) is 4.45. The highest BCUT2D eigenvalue weighted by atomic mass is 16.3. The first-order valence-electron chi connectivity index (χ1n) is 5.24. The molecule has 0 saturated heterocycles. The van der Waals surface area contributed by atoms with E-state index in [2.05, 4.69) is 17.4 Å². The van der Waals surface area contributed by atoms with Crippen molar-refractivity contribution in [2.75, 3.05) is 6.61 Å². The monoisotopic (exact) mass is 205 g/mol. The molecule has 0 bridgehead atoms. The van der Waals surface area contributed by atoms with Crippen LogP contribution in [0, 0.1) is 0 Å². The quantitative estimate of drug-likeness (QED) is 0.774. The summed E-state index contributed by atoms with van der Waals surface area (Å²) in [6.07, 6.45) is 1.96. The SMILES string of the molecule is O=C(CO)NC1CC(c2ccccc2)C1. The van der Waals surface area contributed by atoms with Crippen molar-refractivity contribution < 1.29 is 9.90 Å². The van der Waals surface area contributed by atoms with Crippen molar-refractivity contribution in [3.63, 3.8) is 0 Å². The van der Waals surface area contributed by atoms with Gasteiger partial charge in [-0.3, -0.25) is 4.79 Å². The molecule has 0 spiro atoms. The second-order valence-electron chi connectivity index (χ2n) is 4.00. The second-order valence-corrected chi connectivity index (χ2v) is 4.00. The van der Waals surface area contributed by atoms with Crippen LogP contribution in [0.3, 0.4) is 0 Å². The number of rotatable bonds is 3. The Balaban J connectivity index is 1.81. The summed E-state index contributed by atoms with van der Waals surface area (Å²) in [7, 11) is 0. The van der Waals surface area contributed by atoms with Gasteiger partial charge in [0.15, 0.2) is 0 Å². The lowest BCUT2D eigenvalue weighted by atomic mass is 9.76. The zero-order valence-electron chi connectivity index (χ0n) is 8.52. The number of nitrogens with one attached hydrogen (secondary N) is 1. The van der Waals surface area contributed by atoms with Gasteiger partial charge in [-0.25, -0.2) is 0 Å². The van der Waals surface area contributed by atoms with Gasteiger partial charge < -0.3 is 10.4 Å². The minimum atomic E-state index is -0.410. The minimum Gasteiger partial charge on any atom is -0.387 e. The first kappa shape index (κ1) is 10.2. The maximum absolute atomic E-state index is 10.9. The highest BCUT2D eigenvalue weighted by Crippen LogP contribution is 2.36. The van der Waals surface area contributed by atoms with E-state index in [-0.39, 0.29) is 11.9 Å². The molecular formula is C12H15NO2. The normalized spacial score (nSPS) is 24.3. The van der Waals surface area contributed by atoms with E-state index in [0.29, 0.717) is 5.92 Å². The van der Waals surface area contributed by atoms with E-state index in [4.69, 9.17) is 5.11 Å². The Labute approximate surface area is 89.1 Å². The summed E-state index contributed by atoms with van der Waals surface area (Å²) in [5, 5.41) is 11.4. The maximum atomic E-state index is 10.9. The molecule has 3 nitrogen and oxygen atoms in total. The Morgan fingerprint density at radius 2 is 2.00 bits per heavy atom. The van der Waals surface area contributed by atoms with Crippen LogP contribution < -0.4 is 5.32 Å². The fourth-order valence-corrected chi connectivity index (χ4v) is 2.01. The smallest absolute Gasteiger partial charge is 0.245 e. The lowest BCUT2D eigenvalue weighted by molar-refractivity contribution is -0.125. The molecule has 80 valence electrons. The standard InChI is InChI=1S/C12H15NO2/c14-8-12(15)13-11-6-10(7-11)9-4-2-1-3-5-9/h1-5,10-11,14H,6-8H2,(H,13,15). The molecule has 0 heterocycles. The van der Waals surface area contributed by atoms with Gasteiger partial charge in [-0.2, -0.15) is 0 Å². The van der Waals surface area contributed by atoms with E-state index in [1.54, 1.807) is 0 Å². The third-order valence-corrected chi connectivity index (χ3v) is 2.92. The lowest BCUT2D eigenvalue weighted by Crippen LogP contribution is -2.44. The van der Waals surface area contributed by atoms with E-state index < -0.39 is 6.61 Å². The molecule has 0 atom stereocenters. The van der Waals surface area contributed by atoms with E-state index in [9.17, 15) is 4.79 Å². The molecule has 2 N–H and O–H groups in total. The van der Waals surface area contributed by atoms with Crippen LogP contribution >= 0.6 is 0 Å². The van der Waals surface area contributed by atoms with Crippen molar-refractivity contribution >= 4 is 5.91 Å². The van der Waals surface area contributed by atoms with Gasteiger partial charge in [-0.15, -0.1) is 0 Å². The summed E-state index contributed by atoms with van der Waals surface area (Å²) >= 11 is 0. The van der Waals surface area contributed by atoms with Gasteiger partial charge in [0.25, 0.3) is 0 Å². The average molecular weight is 205 g/mol. The zero-order chi connectivity index (χ0) is 10.7. The van der Waals surface area contributed by atoms with Gasteiger partial charge in [0.05, 0.1) is 0 Å². The molecule has 2 rings (SSSR count). The fraction of sp³-hybridized carbons (Fsp3) is 0.417. The fourth-order valence-electron chi connectivity index (χ4n) is 2.01. The molecule has 1 aliphatic rings. The first-order chi connectivity index (χ1) is 7.29. The number of hydrogen-bond acceptors (Lipinski definition) is 2. The molecule has 1 aliphatic carbocycles. The van der Waals surface area contributed by atoms with Gasteiger partial charge in [0.1, 0.15) is 6.61 Å². The van der Waals surface area contributed by atoms with E-state index in [1.165, 1.54) is 5.56 Å². The predicted molar refractivity (Wildman–Crippen MR) is 57.4 cm³/mol. The number of hydrogen-bond donors (Lipinski definition) is 2. The number of aliphatic hydroxyl groups is 1. The summed E-state index contributed by atoms with van der Waals surface area (Å²) in [5.41, 5.74) is 1.34. The van der Waals surface area contributed by atoms with Crippen molar-refractivity contribution in [2.24, 2.45) is 0 Å². The third kappa shape index (κ3) is 2.36. The van der Waals surface area contributed by atoms with Crippen LogP contribution in [0.15, 0.2) is 30.3 Å². The molecule has 3 heteroatoms. The van der Waals surface area contributed by atoms with Crippen molar-refractivity contribution in [1.82, 2.24) is 5.32 Å². The summed E-state index contributed by atoms with van der Waals surface area (Å²) in [6, 6.07) is 10.6. The van der Waals surface area contributed by atoms with Crippen LogP contribution in [0.5, 0.6) is 0 Å².